The maximum Gasteiger partial charge on any atom is 0.308 e. The maximum atomic E-state index is 13.8. The van der Waals surface area contributed by atoms with Gasteiger partial charge in [-0.15, -0.1) is 0 Å². The molecule has 3 aromatic rings. The van der Waals surface area contributed by atoms with Crippen LogP contribution in [-0.2, 0) is 17.6 Å². The van der Waals surface area contributed by atoms with E-state index >= 15 is 0 Å². The number of amides is 2. The minimum Gasteiger partial charge on any atom is -0.504 e. The molecule has 0 aliphatic carbocycles. The van der Waals surface area contributed by atoms with E-state index in [0.29, 0.717) is 69.2 Å². The van der Waals surface area contributed by atoms with E-state index in [0.717, 1.165) is 11.1 Å². The molecule has 2 amide bonds. The standard InChI is InChI=1S/C36H34N4O8/c1-16-10-19-11-23-25(13-37)40-24(29(38(23)4)27(19)30(42)31(16)45-5)12-22-28(34-33(46-15-47-34)17(2)32(22)48-18(3)41)26(40)14-39-35(43)20-8-6-7-9-21(20)36(39)44/h6-10,23-26,29,42H,11-12,14-15H2,1-5H3/t23?,24-,25-,26-,29-/m0/s1. The Morgan fingerprint density at radius 3 is 2.38 bits per heavy atom. The maximum absolute atomic E-state index is 13.8. The summed E-state index contributed by atoms with van der Waals surface area (Å²) in [6.45, 7) is 4.86. The number of imide groups is 1. The molecule has 0 radical (unpaired) electrons. The predicted molar refractivity (Wildman–Crippen MR) is 169 cm³/mol. The van der Waals surface area contributed by atoms with Crippen molar-refractivity contribution in [1.82, 2.24) is 14.7 Å². The summed E-state index contributed by atoms with van der Waals surface area (Å²) < 4.78 is 23.6. The van der Waals surface area contributed by atoms with E-state index in [2.05, 4.69) is 15.9 Å². The fraction of sp³-hybridized carbons (Fsp3) is 0.389. The zero-order valence-corrected chi connectivity index (χ0v) is 27.2. The van der Waals surface area contributed by atoms with Gasteiger partial charge in [-0.05, 0) is 57.0 Å². The van der Waals surface area contributed by atoms with E-state index in [4.69, 9.17) is 18.9 Å². The number of esters is 1. The van der Waals surface area contributed by atoms with Crippen LogP contribution in [0.5, 0.6) is 28.7 Å². The van der Waals surface area contributed by atoms with E-state index < -0.39 is 42.0 Å². The molecule has 246 valence electrons. The number of piperazine rings is 1. The van der Waals surface area contributed by atoms with Gasteiger partial charge in [-0.3, -0.25) is 29.1 Å². The normalized spacial score (nSPS) is 25.2. The monoisotopic (exact) mass is 650 g/mol. The number of aryl methyl sites for hydroxylation is 1. The Kier molecular flexibility index (Phi) is 6.74. The fourth-order valence-electron chi connectivity index (χ4n) is 8.87. The van der Waals surface area contributed by atoms with Gasteiger partial charge in [0.05, 0.1) is 36.4 Å². The van der Waals surface area contributed by atoms with Crippen LogP contribution >= 0.6 is 0 Å². The second-order valence-corrected chi connectivity index (χ2v) is 13.1. The lowest BCUT2D eigenvalue weighted by Crippen LogP contribution is -2.68. The van der Waals surface area contributed by atoms with Crippen LogP contribution in [0.2, 0.25) is 0 Å². The number of phenolic OH excluding ortho intramolecular Hbond substituents is 1. The second kappa shape index (κ2) is 10.7. The first-order chi connectivity index (χ1) is 23.1. The van der Waals surface area contributed by atoms with E-state index in [-0.39, 0.29) is 25.1 Å². The predicted octanol–water partition coefficient (Wildman–Crippen LogP) is 3.74. The van der Waals surface area contributed by atoms with Gasteiger partial charge in [0.1, 0.15) is 11.8 Å². The van der Waals surface area contributed by atoms with E-state index in [9.17, 15) is 24.8 Å². The van der Waals surface area contributed by atoms with Crippen molar-refractivity contribution in [3.8, 4) is 34.8 Å². The number of ether oxygens (including phenoxy) is 4. The molecule has 0 spiro atoms. The SMILES string of the molecule is COc1c(C)cc2c(c1O)[C@@H]1[C@@H]3Cc4c(OC(C)=O)c(C)c5c(c4[C@H](CN4C(=O)c6ccccc6C4=O)N3[C@@H](C#N)C(C2)N1C)OCO5. The lowest BCUT2D eigenvalue weighted by Gasteiger charge is -2.60. The Morgan fingerprint density at radius 2 is 1.73 bits per heavy atom. The molecular weight excluding hydrogens is 616 g/mol. The quantitative estimate of drug-likeness (QED) is 0.251. The number of nitrogens with zero attached hydrogens (tertiary/aromatic N) is 4. The Morgan fingerprint density at radius 1 is 1.04 bits per heavy atom. The number of carbonyl (C=O) groups is 3. The summed E-state index contributed by atoms with van der Waals surface area (Å²) in [4.78, 5) is 45.6. The van der Waals surface area contributed by atoms with Crippen LogP contribution in [-0.4, -0.2) is 83.2 Å². The molecule has 48 heavy (non-hydrogen) atoms. The molecule has 1 fully saturated rings. The molecule has 0 aromatic heterocycles. The summed E-state index contributed by atoms with van der Waals surface area (Å²) in [7, 11) is 3.48. The van der Waals surface area contributed by atoms with Gasteiger partial charge in [0.25, 0.3) is 11.8 Å². The number of rotatable bonds is 4. The number of hydrogen-bond donors (Lipinski definition) is 1. The summed E-state index contributed by atoms with van der Waals surface area (Å²) in [6.07, 6.45) is 0.794. The number of hydrogen-bond acceptors (Lipinski definition) is 11. The molecule has 5 atom stereocenters. The number of methoxy groups -OCH3 is 1. The minimum atomic E-state index is -0.745. The molecule has 1 N–H and O–H groups in total. The van der Waals surface area contributed by atoms with Crippen LogP contribution in [0.15, 0.2) is 30.3 Å². The number of phenols is 1. The molecule has 0 saturated carbocycles. The highest BCUT2D eigenvalue weighted by Crippen LogP contribution is 2.58. The van der Waals surface area contributed by atoms with Gasteiger partial charge < -0.3 is 24.1 Å². The Balaban J connectivity index is 1.38. The second-order valence-electron chi connectivity index (χ2n) is 13.1. The number of nitriles is 1. The van der Waals surface area contributed by atoms with Crippen LogP contribution < -0.4 is 18.9 Å². The van der Waals surface area contributed by atoms with Crippen molar-refractivity contribution in [2.45, 2.75) is 63.8 Å². The summed E-state index contributed by atoms with van der Waals surface area (Å²) in [5.41, 5.74) is 4.94. The molecule has 2 bridgehead atoms. The molecule has 5 heterocycles. The summed E-state index contributed by atoms with van der Waals surface area (Å²) in [5, 5.41) is 22.6. The molecule has 1 saturated heterocycles. The van der Waals surface area contributed by atoms with Crippen molar-refractivity contribution < 1.29 is 38.4 Å². The average molecular weight is 651 g/mol. The highest BCUT2D eigenvalue weighted by atomic mass is 16.7. The highest BCUT2D eigenvalue weighted by molar-refractivity contribution is 6.21. The van der Waals surface area contributed by atoms with E-state index in [1.54, 1.807) is 31.2 Å². The van der Waals surface area contributed by atoms with Gasteiger partial charge >= 0.3 is 5.97 Å². The lowest BCUT2D eigenvalue weighted by atomic mass is 9.71. The minimum absolute atomic E-state index is 0.0444. The van der Waals surface area contributed by atoms with Gasteiger partial charge in [-0.1, -0.05) is 18.2 Å². The molecule has 8 rings (SSSR count). The van der Waals surface area contributed by atoms with Gasteiger partial charge in [0, 0.05) is 47.8 Å². The smallest absolute Gasteiger partial charge is 0.308 e. The molecule has 5 aliphatic heterocycles. The Labute approximate surface area is 276 Å². The van der Waals surface area contributed by atoms with Crippen LogP contribution in [0.1, 0.15) is 73.1 Å². The number of fused-ring (bicyclic) bond motifs is 10. The molecular formula is C36H34N4O8. The van der Waals surface area contributed by atoms with Gasteiger partial charge in [0.15, 0.2) is 23.0 Å². The third-order valence-electron chi connectivity index (χ3n) is 10.7. The molecule has 12 nitrogen and oxygen atoms in total. The molecule has 12 heteroatoms. The van der Waals surface area contributed by atoms with Crippen molar-refractivity contribution >= 4 is 17.8 Å². The third-order valence-corrected chi connectivity index (χ3v) is 10.7. The molecule has 1 unspecified atom stereocenters. The van der Waals surface area contributed by atoms with Crippen molar-refractivity contribution in [2.75, 3.05) is 27.5 Å². The Hall–Kier alpha value is -5.12. The average Bonchev–Trinajstić information content (AvgIpc) is 3.64. The third kappa shape index (κ3) is 3.98. The number of likely N-dealkylation sites (N-methyl/N-ethyl adjacent to an activating group) is 1. The van der Waals surface area contributed by atoms with Crippen LogP contribution in [0.25, 0.3) is 0 Å². The van der Waals surface area contributed by atoms with Gasteiger partial charge in [-0.2, -0.15) is 5.26 Å². The summed E-state index contributed by atoms with van der Waals surface area (Å²) >= 11 is 0. The first-order valence-electron chi connectivity index (χ1n) is 15.9. The van der Waals surface area contributed by atoms with E-state index in [1.807, 2.05) is 20.0 Å². The summed E-state index contributed by atoms with van der Waals surface area (Å²) in [5.74, 6) is 0.250. The zero-order valence-electron chi connectivity index (χ0n) is 27.2. The van der Waals surface area contributed by atoms with Crippen LogP contribution in [0.3, 0.4) is 0 Å². The van der Waals surface area contributed by atoms with Gasteiger partial charge in [0.2, 0.25) is 6.79 Å². The van der Waals surface area contributed by atoms with Crippen LogP contribution in [0, 0.1) is 25.2 Å². The molecule has 5 aliphatic rings. The lowest BCUT2D eigenvalue weighted by molar-refractivity contribution is -0.132. The molecule has 3 aromatic carbocycles. The van der Waals surface area contributed by atoms with Gasteiger partial charge in [-0.25, -0.2) is 0 Å². The largest absolute Gasteiger partial charge is 0.504 e. The van der Waals surface area contributed by atoms with E-state index in [1.165, 1.54) is 18.9 Å². The number of carbonyl (C=O) groups excluding carboxylic acids is 3. The highest BCUT2D eigenvalue weighted by Gasteiger charge is 2.57. The number of benzene rings is 3. The first-order valence-corrected chi connectivity index (χ1v) is 15.9. The topological polar surface area (TPSA) is 142 Å². The van der Waals surface area contributed by atoms with Crippen LogP contribution in [0.4, 0.5) is 0 Å². The van der Waals surface area contributed by atoms with Crippen molar-refractivity contribution in [2.24, 2.45) is 0 Å². The summed E-state index contributed by atoms with van der Waals surface area (Å²) in [6, 6.07) is 8.71. The van der Waals surface area contributed by atoms with Crippen molar-refractivity contribution in [1.29, 1.82) is 5.26 Å². The first kappa shape index (κ1) is 30.2. The van der Waals surface area contributed by atoms with Crippen molar-refractivity contribution in [3.63, 3.8) is 0 Å². The Bertz CT molecular complexity index is 1970. The fourth-order valence-corrected chi connectivity index (χ4v) is 8.87. The van der Waals surface area contributed by atoms with Crippen molar-refractivity contribution in [3.05, 3.63) is 74.8 Å². The number of aromatic hydroxyl groups is 1. The zero-order chi connectivity index (χ0) is 33.8.